The first kappa shape index (κ1) is 14.5. The number of aromatic nitrogens is 2. The van der Waals surface area contributed by atoms with E-state index in [0.29, 0.717) is 25.3 Å². The molecule has 0 saturated heterocycles. The molecule has 2 atom stereocenters. The number of hydrogen-bond acceptors (Lipinski definition) is 4. The number of hydrogen-bond donors (Lipinski definition) is 2. The summed E-state index contributed by atoms with van der Waals surface area (Å²) in [7, 11) is -3.54. The minimum Gasteiger partial charge on any atom is -0.393 e. The molecule has 1 saturated carbocycles. The number of aryl methyl sites for hydroxylation is 2. The third kappa shape index (κ3) is 3.34. The number of nitrogens with one attached hydrogen (secondary N) is 1. The Morgan fingerprint density at radius 3 is 2.79 bits per heavy atom. The largest absolute Gasteiger partial charge is 0.393 e. The van der Waals surface area contributed by atoms with Crippen LogP contribution in [-0.2, 0) is 16.6 Å². The normalized spacial score (nSPS) is 23.9. The number of rotatable bonds is 5. The summed E-state index contributed by atoms with van der Waals surface area (Å²) in [6, 6.07) is 0. The molecular weight excluding hydrogens is 266 g/mol. The summed E-state index contributed by atoms with van der Waals surface area (Å²) in [5, 5.41) is 9.50. The van der Waals surface area contributed by atoms with Crippen molar-refractivity contribution in [3.05, 3.63) is 12.0 Å². The lowest BCUT2D eigenvalue weighted by Gasteiger charge is -2.10. The van der Waals surface area contributed by atoms with Gasteiger partial charge >= 0.3 is 0 Å². The molecule has 1 heterocycles. The lowest BCUT2D eigenvalue weighted by Crippen LogP contribution is -2.29. The zero-order valence-electron chi connectivity index (χ0n) is 11.3. The fourth-order valence-corrected chi connectivity index (χ4v) is 3.59. The highest BCUT2D eigenvalue weighted by Crippen LogP contribution is 2.25. The third-order valence-electron chi connectivity index (χ3n) is 3.65. The molecule has 0 aliphatic heterocycles. The number of sulfonamides is 1. The van der Waals surface area contributed by atoms with Crippen molar-refractivity contribution in [3.8, 4) is 0 Å². The minimum atomic E-state index is -3.54. The van der Waals surface area contributed by atoms with E-state index in [1.165, 1.54) is 0 Å². The molecule has 0 radical (unpaired) electrons. The quantitative estimate of drug-likeness (QED) is 0.833. The smallest absolute Gasteiger partial charge is 0.259 e. The molecule has 0 bridgehead atoms. The average molecular weight is 287 g/mol. The Kier molecular flexibility index (Phi) is 4.27. The van der Waals surface area contributed by atoms with Crippen molar-refractivity contribution in [1.82, 2.24) is 14.3 Å². The van der Waals surface area contributed by atoms with Crippen molar-refractivity contribution in [2.75, 3.05) is 6.54 Å². The molecule has 1 aliphatic rings. The van der Waals surface area contributed by atoms with Crippen molar-refractivity contribution >= 4 is 10.0 Å². The van der Waals surface area contributed by atoms with Gasteiger partial charge in [-0.25, -0.2) is 18.1 Å². The molecule has 1 aromatic heterocycles. The van der Waals surface area contributed by atoms with Crippen LogP contribution in [0, 0.1) is 12.8 Å². The zero-order valence-corrected chi connectivity index (χ0v) is 12.2. The summed E-state index contributed by atoms with van der Waals surface area (Å²) < 4.78 is 28.6. The molecule has 2 unspecified atom stereocenters. The topological polar surface area (TPSA) is 84.2 Å². The Bertz CT molecular complexity index is 538. The molecule has 19 heavy (non-hydrogen) atoms. The zero-order chi connectivity index (χ0) is 14.0. The van der Waals surface area contributed by atoms with E-state index in [1.807, 2.05) is 6.92 Å². The summed E-state index contributed by atoms with van der Waals surface area (Å²) in [4.78, 5) is 4.08. The van der Waals surface area contributed by atoms with Crippen molar-refractivity contribution < 1.29 is 13.5 Å². The second-order valence-electron chi connectivity index (χ2n) is 5.10. The molecule has 2 N–H and O–H groups in total. The van der Waals surface area contributed by atoms with Gasteiger partial charge < -0.3 is 9.67 Å². The van der Waals surface area contributed by atoms with E-state index in [0.717, 1.165) is 12.8 Å². The fourth-order valence-electron chi connectivity index (χ4n) is 2.46. The standard InChI is InChI=1S/C12H21N3O3S/c1-3-15-8-12(14-9(15)2)19(17,18)13-7-10-4-5-11(16)6-10/h8,10-11,13,16H,3-7H2,1-2H3. The maximum Gasteiger partial charge on any atom is 0.259 e. The maximum atomic E-state index is 12.1. The molecular formula is C12H21N3O3S. The van der Waals surface area contributed by atoms with Crippen molar-refractivity contribution in [2.24, 2.45) is 5.92 Å². The fraction of sp³-hybridized carbons (Fsp3) is 0.750. The van der Waals surface area contributed by atoms with Crippen LogP contribution in [0.4, 0.5) is 0 Å². The van der Waals surface area contributed by atoms with Crippen LogP contribution in [0.1, 0.15) is 32.0 Å². The predicted octanol–water partition coefficient (Wildman–Crippen LogP) is 0.651. The van der Waals surface area contributed by atoms with E-state index in [-0.39, 0.29) is 17.0 Å². The molecule has 1 aliphatic carbocycles. The van der Waals surface area contributed by atoms with Crippen LogP contribution in [0.5, 0.6) is 0 Å². The van der Waals surface area contributed by atoms with E-state index in [2.05, 4.69) is 9.71 Å². The molecule has 2 rings (SSSR count). The Hall–Kier alpha value is -0.920. The van der Waals surface area contributed by atoms with Crippen LogP contribution < -0.4 is 4.72 Å². The average Bonchev–Trinajstić information content (AvgIpc) is 2.93. The van der Waals surface area contributed by atoms with Gasteiger partial charge in [-0.2, -0.15) is 0 Å². The van der Waals surface area contributed by atoms with Gasteiger partial charge in [-0.3, -0.25) is 0 Å². The van der Waals surface area contributed by atoms with E-state index in [9.17, 15) is 13.5 Å². The maximum absolute atomic E-state index is 12.1. The SMILES string of the molecule is CCn1cc(S(=O)(=O)NCC2CCC(O)C2)nc1C. The van der Waals surface area contributed by atoms with E-state index < -0.39 is 10.0 Å². The number of imidazole rings is 1. The van der Waals surface area contributed by atoms with Gasteiger partial charge in [0.05, 0.1) is 6.10 Å². The molecule has 7 heteroatoms. The molecule has 108 valence electrons. The highest BCUT2D eigenvalue weighted by molar-refractivity contribution is 7.89. The molecule has 0 spiro atoms. The first-order valence-electron chi connectivity index (χ1n) is 6.64. The van der Waals surface area contributed by atoms with Crippen LogP contribution in [0.2, 0.25) is 0 Å². The molecule has 6 nitrogen and oxygen atoms in total. The van der Waals surface area contributed by atoms with Gasteiger partial charge in [0, 0.05) is 19.3 Å². The molecule has 0 aromatic carbocycles. The van der Waals surface area contributed by atoms with Gasteiger partial charge in [-0.1, -0.05) is 0 Å². The van der Waals surface area contributed by atoms with Gasteiger partial charge in [0.25, 0.3) is 10.0 Å². The minimum absolute atomic E-state index is 0.0744. The first-order chi connectivity index (χ1) is 8.92. The van der Waals surface area contributed by atoms with E-state index in [1.54, 1.807) is 17.7 Å². The Labute approximate surface area is 113 Å². The van der Waals surface area contributed by atoms with E-state index in [4.69, 9.17) is 0 Å². The van der Waals surface area contributed by atoms with Crippen LogP contribution in [0.3, 0.4) is 0 Å². The van der Waals surface area contributed by atoms with Gasteiger partial charge in [-0.05, 0) is 39.0 Å². The highest BCUT2D eigenvalue weighted by Gasteiger charge is 2.25. The number of aliphatic hydroxyl groups is 1. The van der Waals surface area contributed by atoms with Gasteiger partial charge in [0.15, 0.2) is 5.03 Å². The summed E-state index contributed by atoms with van der Waals surface area (Å²) in [5.74, 6) is 0.915. The molecule has 1 fully saturated rings. The number of nitrogens with zero attached hydrogens (tertiary/aromatic N) is 2. The predicted molar refractivity (Wildman–Crippen MR) is 71.2 cm³/mol. The Morgan fingerprint density at radius 2 is 2.26 bits per heavy atom. The monoisotopic (exact) mass is 287 g/mol. The van der Waals surface area contributed by atoms with Gasteiger partial charge in [0.2, 0.25) is 0 Å². The van der Waals surface area contributed by atoms with Gasteiger partial charge in [-0.15, -0.1) is 0 Å². The van der Waals surface area contributed by atoms with Gasteiger partial charge in [0.1, 0.15) is 5.82 Å². The van der Waals surface area contributed by atoms with E-state index >= 15 is 0 Å². The van der Waals surface area contributed by atoms with Crippen LogP contribution in [0.25, 0.3) is 0 Å². The molecule has 1 aromatic rings. The summed E-state index contributed by atoms with van der Waals surface area (Å²) in [6.07, 6.45) is 3.57. The van der Waals surface area contributed by atoms with Crippen LogP contribution in [-0.4, -0.2) is 35.7 Å². The summed E-state index contributed by atoms with van der Waals surface area (Å²) in [6.45, 7) is 4.80. The van der Waals surface area contributed by atoms with Crippen molar-refractivity contribution in [3.63, 3.8) is 0 Å². The second-order valence-corrected chi connectivity index (χ2v) is 6.81. The summed E-state index contributed by atoms with van der Waals surface area (Å²) >= 11 is 0. The number of aliphatic hydroxyl groups excluding tert-OH is 1. The van der Waals surface area contributed by atoms with Crippen LogP contribution in [0.15, 0.2) is 11.2 Å². The first-order valence-corrected chi connectivity index (χ1v) is 8.12. The van der Waals surface area contributed by atoms with Crippen molar-refractivity contribution in [2.45, 2.75) is 50.8 Å². The Balaban J connectivity index is 2.01. The lowest BCUT2D eigenvalue weighted by atomic mass is 10.1. The van der Waals surface area contributed by atoms with Crippen LogP contribution >= 0.6 is 0 Å². The Morgan fingerprint density at radius 1 is 1.53 bits per heavy atom. The summed E-state index contributed by atoms with van der Waals surface area (Å²) in [5.41, 5.74) is 0. The lowest BCUT2D eigenvalue weighted by molar-refractivity contribution is 0.178. The highest BCUT2D eigenvalue weighted by atomic mass is 32.2. The third-order valence-corrected chi connectivity index (χ3v) is 4.94. The second kappa shape index (κ2) is 5.60. The molecule has 0 amide bonds. The van der Waals surface area contributed by atoms with Crippen molar-refractivity contribution in [1.29, 1.82) is 0 Å².